The van der Waals surface area contributed by atoms with Gasteiger partial charge in [-0.1, -0.05) is 53.8 Å². The molecule has 3 rings (SSSR count). The lowest BCUT2D eigenvalue weighted by molar-refractivity contribution is 0.0510. The molecule has 0 spiro atoms. The predicted molar refractivity (Wildman–Crippen MR) is 118 cm³/mol. The van der Waals surface area contributed by atoms with Crippen LogP contribution >= 0.6 is 0 Å². The van der Waals surface area contributed by atoms with Crippen LogP contribution in [0.2, 0.25) is 0 Å². The average molecular weight is 398 g/mol. The number of benzene rings is 3. The smallest absolute Gasteiger partial charge is 0.335 e. The highest BCUT2D eigenvalue weighted by molar-refractivity contribution is 5.87. The zero-order chi connectivity index (χ0) is 21.3. The van der Waals surface area contributed by atoms with Crippen LogP contribution < -0.4 is 4.74 Å². The third-order valence-corrected chi connectivity index (χ3v) is 4.44. The lowest BCUT2D eigenvalue weighted by Crippen LogP contribution is -2.01. The first-order valence-electron chi connectivity index (χ1n) is 9.41. The number of methoxy groups -OCH3 is 1. The fourth-order valence-corrected chi connectivity index (χ4v) is 2.90. The molecule has 0 atom stereocenters. The van der Waals surface area contributed by atoms with E-state index in [0.717, 1.165) is 22.3 Å². The molecule has 3 aromatic rings. The summed E-state index contributed by atoms with van der Waals surface area (Å²) in [6.45, 7) is 2.21. The lowest BCUT2D eigenvalue weighted by Gasteiger charge is -2.13. The van der Waals surface area contributed by atoms with E-state index in [9.17, 15) is 4.79 Å². The van der Waals surface area contributed by atoms with Gasteiger partial charge in [-0.2, -0.15) is 0 Å². The standard InChI is InChI=1S/C26H22O4/c1-19-10-14-21(15-11-19)23-8-5-9-25(30-18-29-2)24(23)7-4-3-6-20-12-16-22(17-13-20)26(27)28/h4-5,7-17H,18H2,1-2H3,(H,27,28)/b7-4+. The van der Waals surface area contributed by atoms with E-state index in [1.54, 1.807) is 37.5 Å². The summed E-state index contributed by atoms with van der Waals surface area (Å²) in [5.74, 6) is 5.77. The Balaban J connectivity index is 1.91. The summed E-state index contributed by atoms with van der Waals surface area (Å²) in [5, 5.41) is 8.97. The zero-order valence-corrected chi connectivity index (χ0v) is 16.9. The van der Waals surface area contributed by atoms with Gasteiger partial charge in [0, 0.05) is 18.2 Å². The van der Waals surface area contributed by atoms with Crippen LogP contribution in [-0.4, -0.2) is 25.0 Å². The van der Waals surface area contributed by atoms with Gasteiger partial charge in [-0.25, -0.2) is 4.79 Å². The van der Waals surface area contributed by atoms with Gasteiger partial charge in [0.2, 0.25) is 0 Å². The number of ether oxygens (including phenoxy) is 2. The number of hydrogen-bond donors (Lipinski definition) is 1. The molecule has 0 heterocycles. The molecule has 30 heavy (non-hydrogen) atoms. The lowest BCUT2D eigenvalue weighted by atomic mass is 9.97. The number of aryl methyl sites for hydroxylation is 1. The van der Waals surface area contributed by atoms with Crippen molar-refractivity contribution in [3.05, 3.63) is 95.1 Å². The highest BCUT2D eigenvalue weighted by Crippen LogP contribution is 2.32. The van der Waals surface area contributed by atoms with E-state index in [-0.39, 0.29) is 12.4 Å². The highest BCUT2D eigenvalue weighted by Gasteiger charge is 2.09. The Morgan fingerprint density at radius 3 is 2.43 bits per heavy atom. The summed E-state index contributed by atoms with van der Waals surface area (Å²) in [7, 11) is 1.58. The van der Waals surface area contributed by atoms with Gasteiger partial charge in [0.1, 0.15) is 5.75 Å². The van der Waals surface area contributed by atoms with Crippen molar-refractivity contribution in [3.8, 4) is 28.7 Å². The van der Waals surface area contributed by atoms with Crippen LogP contribution in [0.15, 0.2) is 72.8 Å². The number of allylic oxidation sites excluding steroid dienone is 1. The van der Waals surface area contributed by atoms with Crippen molar-refractivity contribution < 1.29 is 19.4 Å². The van der Waals surface area contributed by atoms with Crippen LogP contribution in [0.25, 0.3) is 17.2 Å². The minimum atomic E-state index is -0.953. The van der Waals surface area contributed by atoms with Crippen molar-refractivity contribution in [2.24, 2.45) is 0 Å². The Labute approximate surface area is 176 Å². The van der Waals surface area contributed by atoms with Gasteiger partial charge in [-0.05, 0) is 60.5 Å². The van der Waals surface area contributed by atoms with Crippen LogP contribution in [0.3, 0.4) is 0 Å². The van der Waals surface area contributed by atoms with Crippen molar-refractivity contribution in [3.63, 3.8) is 0 Å². The molecule has 0 aliphatic carbocycles. The number of aromatic carboxylic acids is 1. The molecule has 0 saturated heterocycles. The van der Waals surface area contributed by atoms with Crippen LogP contribution in [0.4, 0.5) is 0 Å². The van der Waals surface area contributed by atoms with Crippen molar-refractivity contribution in [2.75, 3.05) is 13.9 Å². The fraction of sp³-hybridized carbons (Fsp3) is 0.115. The molecule has 0 amide bonds. The van der Waals surface area contributed by atoms with E-state index in [1.807, 2.05) is 24.3 Å². The minimum absolute atomic E-state index is 0.153. The molecule has 0 fully saturated rings. The zero-order valence-electron chi connectivity index (χ0n) is 16.9. The molecule has 0 unspecified atom stereocenters. The highest BCUT2D eigenvalue weighted by atomic mass is 16.7. The second kappa shape index (κ2) is 10.1. The Kier molecular flexibility index (Phi) is 7.05. The van der Waals surface area contributed by atoms with Crippen LogP contribution in [0.1, 0.15) is 27.0 Å². The van der Waals surface area contributed by atoms with E-state index in [0.29, 0.717) is 5.75 Å². The van der Waals surface area contributed by atoms with Gasteiger partial charge < -0.3 is 14.6 Å². The maximum Gasteiger partial charge on any atom is 0.335 e. The Hall–Kier alpha value is -3.81. The van der Waals surface area contributed by atoms with E-state index >= 15 is 0 Å². The first kappa shape index (κ1) is 20.9. The summed E-state index contributed by atoms with van der Waals surface area (Å²) in [5.41, 5.74) is 5.21. The second-order valence-corrected chi connectivity index (χ2v) is 6.62. The van der Waals surface area contributed by atoms with E-state index in [1.165, 1.54) is 5.56 Å². The van der Waals surface area contributed by atoms with Crippen molar-refractivity contribution in [1.29, 1.82) is 0 Å². The fourth-order valence-electron chi connectivity index (χ4n) is 2.90. The SMILES string of the molecule is COCOc1cccc(-c2ccc(C)cc2)c1/C=C/C#Cc1ccc(C(=O)O)cc1. The molecule has 4 heteroatoms. The van der Waals surface area contributed by atoms with E-state index in [4.69, 9.17) is 14.6 Å². The topological polar surface area (TPSA) is 55.8 Å². The molecule has 0 bridgehead atoms. The summed E-state index contributed by atoms with van der Waals surface area (Å²) < 4.78 is 10.8. The molecule has 1 N–H and O–H groups in total. The number of carboxylic acid groups (broad SMARTS) is 1. The molecule has 0 saturated carbocycles. The Bertz CT molecular complexity index is 1100. The molecule has 0 aliphatic heterocycles. The molecule has 150 valence electrons. The Morgan fingerprint density at radius 2 is 1.77 bits per heavy atom. The third kappa shape index (κ3) is 5.38. The van der Waals surface area contributed by atoms with Gasteiger partial charge in [0.25, 0.3) is 0 Å². The van der Waals surface area contributed by atoms with Crippen molar-refractivity contribution in [2.45, 2.75) is 6.92 Å². The quantitative estimate of drug-likeness (QED) is 0.446. The summed E-state index contributed by atoms with van der Waals surface area (Å²) >= 11 is 0. The normalized spacial score (nSPS) is 10.5. The molecular formula is C26H22O4. The summed E-state index contributed by atoms with van der Waals surface area (Å²) in [6.07, 6.45) is 3.68. The molecule has 0 aliphatic rings. The van der Waals surface area contributed by atoms with E-state index in [2.05, 4.69) is 43.0 Å². The molecule has 0 aromatic heterocycles. The Morgan fingerprint density at radius 1 is 1.03 bits per heavy atom. The monoisotopic (exact) mass is 398 g/mol. The van der Waals surface area contributed by atoms with Gasteiger partial charge in [-0.15, -0.1) is 0 Å². The maximum atomic E-state index is 10.9. The summed E-state index contributed by atoms with van der Waals surface area (Å²) in [6, 6.07) is 20.7. The predicted octanol–water partition coefficient (Wildman–Crippen LogP) is 5.41. The van der Waals surface area contributed by atoms with Crippen LogP contribution in [0, 0.1) is 18.8 Å². The molecule has 0 radical (unpaired) electrons. The first-order chi connectivity index (χ1) is 14.6. The van der Waals surface area contributed by atoms with Crippen LogP contribution in [-0.2, 0) is 4.74 Å². The van der Waals surface area contributed by atoms with Crippen molar-refractivity contribution in [1.82, 2.24) is 0 Å². The van der Waals surface area contributed by atoms with Crippen LogP contribution in [0.5, 0.6) is 5.75 Å². The van der Waals surface area contributed by atoms with Crippen molar-refractivity contribution >= 4 is 12.0 Å². The largest absolute Gasteiger partial charge is 0.478 e. The van der Waals surface area contributed by atoms with Gasteiger partial charge in [-0.3, -0.25) is 0 Å². The minimum Gasteiger partial charge on any atom is -0.478 e. The number of carbonyl (C=O) groups is 1. The number of carboxylic acids is 1. The second-order valence-electron chi connectivity index (χ2n) is 6.62. The molecule has 4 nitrogen and oxygen atoms in total. The summed E-state index contributed by atoms with van der Waals surface area (Å²) in [4.78, 5) is 10.9. The molecular weight excluding hydrogens is 376 g/mol. The number of hydrogen-bond acceptors (Lipinski definition) is 3. The van der Waals surface area contributed by atoms with E-state index < -0.39 is 5.97 Å². The average Bonchev–Trinajstić information content (AvgIpc) is 2.76. The van der Waals surface area contributed by atoms with Gasteiger partial charge in [0.15, 0.2) is 6.79 Å². The number of rotatable bonds is 6. The van der Waals surface area contributed by atoms with Gasteiger partial charge >= 0.3 is 5.97 Å². The third-order valence-electron chi connectivity index (χ3n) is 4.44. The first-order valence-corrected chi connectivity index (χ1v) is 9.41. The molecule has 3 aromatic carbocycles. The maximum absolute atomic E-state index is 10.9. The van der Waals surface area contributed by atoms with Gasteiger partial charge in [0.05, 0.1) is 5.56 Å².